The second-order valence-corrected chi connectivity index (χ2v) is 2.03. The molecule has 0 heterocycles. The Morgan fingerprint density at radius 1 is 1.20 bits per heavy atom. The molecule has 2 amide bonds. The van der Waals surface area contributed by atoms with Crippen molar-refractivity contribution in [1.29, 1.82) is 0 Å². The van der Waals surface area contributed by atoms with E-state index in [1.54, 1.807) is 0 Å². The van der Waals surface area contributed by atoms with Gasteiger partial charge in [-0.15, -0.1) is 0 Å². The van der Waals surface area contributed by atoms with Gasteiger partial charge < -0.3 is 10.2 Å². The van der Waals surface area contributed by atoms with Crippen LogP contribution in [-0.2, 0) is 0 Å². The first-order valence-electron chi connectivity index (χ1n) is 2.72. The van der Waals surface area contributed by atoms with Gasteiger partial charge in [-0.05, 0) is 13.8 Å². The minimum atomic E-state index is -1.44. The topological polar surface area (TPSA) is 77.8 Å². The first-order chi connectivity index (χ1) is 4.46. The molecule has 0 aliphatic heterocycles. The molecule has 0 aromatic carbocycles. The second kappa shape index (κ2) is 3.05. The van der Waals surface area contributed by atoms with Crippen molar-refractivity contribution in [2.24, 2.45) is 0 Å². The summed E-state index contributed by atoms with van der Waals surface area (Å²) < 4.78 is 0. The number of imide groups is 1. The van der Waals surface area contributed by atoms with Gasteiger partial charge in [0.05, 0.1) is 0 Å². The van der Waals surface area contributed by atoms with Crippen molar-refractivity contribution in [2.75, 3.05) is 0 Å². The normalized spacial score (nSPS) is 9.50. The van der Waals surface area contributed by atoms with Crippen LogP contribution >= 0.6 is 0 Å². The third kappa shape index (κ3) is 1.93. The highest BCUT2D eigenvalue weighted by molar-refractivity contribution is 5.85. The van der Waals surface area contributed by atoms with Crippen LogP contribution < -0.4 is 0 Å². The lowest BCUT2D eigenvalue weighted by molar-refractivity contribution is 0.112. The monoisotopic (exact) mass is 147 g/mol. The summed E-state index contributed by atoms with van der Waals surface area (Å²) in [5, 5.41) is 16.5. The van der Waals surface area contributed by atoms with E-state index in [0.29, 0.717) is 4.90 Å². The minimum Gasteiger partial charge on any atom is -0.465 e. The zero-order valence-electron chi connectivity index (χ0n) is 5.74. The largest absolute Gasteiger partial charge is 0.465 e. The molecule has 0 aromatic rings. The smallest absolute Gasteiger partial charge is 0.417 e. The molecule has 0 spiro atoms. The third-order valence-corrected chi connectivity index (χ3v) is 0.929. The van der Waals surface area contributed by atoms with Crippen LogP contribution in [0.4, 0.5) is 9.59 Å². The molecule has 0 fully saturated rings. The molecule has 2 N–H and O–H groups in total. The SMILES string of the molecule is CC(C)N(C(=O)O)C(=O)O. The van der Waals surface area contributed by atoms with Crippen molar-refractivity contribution in [2.45, 2.75) is 19.9 Å². The molecular weight excluding hydrogens is 138 g/mol. The molecule has 5 nitrogen and oxygen atoms in total. The van der Waals surface area contributed by atoms with Gasteiger partial charge in [-0.1, -0.05) is 0 Å². The van der Waals surface area contributed by atoms with Crippen LogP contribution in [0.3, 0.4) is 0 Å². The Bertz CT molecular complexity index is 140. The molecule has 0 unspecified atom stereocenters. The van der Waals surface area contributed by atoms with Crippen LogP contribution in [0, 0.1) is 0 Å². The number of nitrogens with zero attached hydrogens (tertiary/aromatic N) is 1. The van der Waals surface area contributed by atoms with E-state index >= 15 is 0 Å². The van der Waals surface area contributed by atoms with Crippen molar-refractivity contribution in [3.05, 3.63) is 0 Å². The summed E-state index contributed by atoms with van der Waals surface area (Å²) in [7, 11) is 0. The number of carbonyl (C=O) groups is 2. The molecule has 0 aliphatic rings. The summed E-state index contributed by atoms with van der Waals surface area (Å²) in [6.07, 6.45) is -2.88. The van der Waals surface area contributed by atoms with Crippen LogP contribution in [0.15, 0.2) is 0 Å². The van der Waals surface area contributed by atoms with Crippen molar-refractivity contribution < 1.29 is 19.8 Å². The predicted molar refractivity (Wildman–Crippen MR) is 33.0 cm³/mol. The van der Waals surface area contributed by atoms with Crippen molar-refractivity contribution >= 4 is 12.2 Å². The molecule has 0 aliphatic carbocycles. The average molecular weight is 147 g/mol. The number of carboxylic acid groups (broad SMARTS) is 2. The maximum absolute atomic E-state index is 10.1. The zero-order valence-corrected chi connectivity index (χ0v) is 5.74. The molecule has 5 heteroatoms. The van der Waals surface area contributed by atoms with E-state index in [4.69, 9.17) is 10.2 Å². The lowest BCUT2D eigenvalue weighted by Crippen LogP contribution is -2.39. The molecule has 0 radical (unpaired) electrons. The van der Waals surface area contributed by atoms with Crippen molar-refractivity contribution in [1.82, 2.24) is 4.90 Å². The lowest BCUT2D eigenvalue weighted by Gasteiger charge is -2.16. The summed E-state index contributed by atoms with van der Waals surface area (Å²) in [5.74, 6) is 0. The Balaban J connectivity index is 4.27. The van der Waals surface area contributed by atoms with Crippen molar-refractivity contribution in [3.63, 3.8) is 0 Å². The van der Waals surface area contributed by atoms with Gasteiger partial charge in [0, 0.05) is 6.04 Å². The summed E-state index contributed by atoms with van der Waals surface area (Å²) >= 11 is 0. The standard InChI is InChI=1S/C5H9NO4/c1-3(2)6(4(7)8)5(9)10/h3H,1-2H3,(H,7,8)(H,9,10). The summed E-state index contributed by atoms with van der Waals surface area (Å²) in [5.41, 5.74) is 0. The average Bonchev–Trinajstić information content (AvgIpc) is 1.59. The Morgan fingerprint density at radius 3 is 1.50 bits per heavy atom. The fraction of sp³-hybridized carbons (Fsp3) is 0.600. The summed E-state index contributed by atoms with van der Waals surface area (Å²) in [4.78, 5) is 20.6. The van der Waals surface area contributed by atoms with Crippen LogP contribution in [0.2, 0.25) is 0 Å². The van der Waals surface area contributed by atoms with E-state index in [9.17, 15) is 9.59 Å². The summed E-state index contributed by atoms with van der Waals surface area (Å²) in [6, 6.07) is -0.532. The molecule has 0 saturated carbocycles. The van der Waals surface area contributed by atoms with Gasteiger partial charge >= 0.3 is 12.2 Å². The van der Waals surface area contributed by atoms with Gasteiger partial charge in [0.2, 0.25) is 0 Å². The third-order valence-electron chi connectivity index (χ3n) is 0.929. The number of amides is 2. The van der Waals surface area contributed by atoms with E-state index < -0.39 is 18.2 Å². The Morgan fingerprint density at radius 2 is 1.50 bits per heavy atom. The molecule has 58 valence electrons. The van der Waals surface area contributed by atoms with Gasteiger partial charge in [0.25, 0.3) is 0 Å². The highest BCUT2D eigenvalue weighted by atomic mass is 16.4. The Labute approximate surface area is 57.9 Å². The van der Waals surface area contributed by atoms with Crippen LogP contribution in [0.5, 0.6) is 0 Å². The first kappa shape index (κ1) is 8.74. The van der Waals surface area contributed by atoms with Crippen LogP contribution in [0.25, 0.3) is 0 Å². The van der Waals surface area contributed by atoms with Gasteiger partial charge in [-0.3, -0.25) is 0 Å². The lowest BCUT2D eigenvalue weighted by atomic mass is 10.4. The van der Waals surface area contributed by atoms with Gasteiger partial charge in [0.1, 0.15) is 0 Å². The van der Waals surface area contributed by atoms with Crippen molar-refractivity contribution in [3.8, 4) is 0 Å². The fourth-order valence-electron chi connectivity index (χ4n) is 0.524. The number of rotatable bonds is 1. The van der Waals surface area contributed by atoms with E-state index in [1.165, 1.54) is 13.8 Å². The fourth-order valence-corrected chi connectivity index (χ4v) is 0.524. The number of hydrogen-bond acceptors (Lipinski definition) is 2. The van der Waals surface area contributed by atoms with Crippen LogP contribution in [0.1, 0.15) is 13.8 Å². The maximum Gasteiger partial charge on any atom is 0.417 e. The molecule has 0 rings (SSSR count). The highest BCUT2D eigenvalue weighted by Crippen LogP contribution is 1.97. The van der Waals surface area contributed by atoms with E-state index in [0.717, 1.165) is 0 Å². The maximum atomic E-state index is 10.1. The molecule has 0 bridgehead atoms. The van der Waals surface area contributed by atoms with E-state index in [-0.39, 0.29) is 0 Å². The molecule has 0 saturated heterocycles. The molecule has 10 heavy (non-hydrogen) atoms. The second-order valence-electron chi connectivity index (χ2n) is 2.03. The molecule has 0 aromatic heterocycles. The van der Waals surface area contributed by atoms with Gasteiger partial charge in [0.15, 0.2) is 0 Å². The Kier molecular flexibility index (Phi) is 2.66. The highest BCUT2D eigenvalue weighted by Gasteiger charge is 2.22. The quantitative estimate of drug-likeness (QED) is 0.581. The van der Waals surface area contributed by atoms with Gasteiger partial charge in [-0.25, -0.2) is 14.5 Å². The summed E-state index contributed by atoms with van der Waals surface area (Å²) in [6.45, 7) is 2.98. The number of hydrogen-bond donors (Lipinski definition) is 2. The zero-order chi connectivity index (χ0) is 8.31. The Hall–Kier alpha value is -1.26. The van der Waals surface area contributed by atoms with Gasteiger partial charge in [-0.2, -0.15) is 0 Å². The van der Waals surface area contributed by atoms with Crippen LogP contribution in [-0.4, -0.2) is 33.3 Å². The predicted octanol–water partition coefficient (Wildman–Crippen LogP) is 1.05. The first-order valence-corrected chi connectivity index (χ1v) is 2.72. The van der Waals surface area contributed by atoms with E-state index in [2.05, 4.69) is 0 Å². The minimum absolute atomic E-state index is 0.333. The molecule has 0 atom stereocenters. The van der Waals surface area contributed by atoms with E-state index in [1.807, 2.05) is 0 Å². The molecular formula is C5H9NO4.